The fourth-order valence-corrected chi connectivity index (χ4v) is 7.62. The quantitative estimate of drug-likeness (QED) is 0.189. The lowest BCUT2D eigenvalue weighted by Gasteiger charge is -2.17. The first-order chi connectivity index (χ1) is 22.8. The predicted octanol–water partition coefficient (Wildman–Crippen LogP) is 12.3. The summed E-state index contributed by atoms with van der Waals surface area (Å²) in [6.45, 7) is 0. The van der Waals surface area contributed by atoms with Crippen molar-refractivity contribution in [2.24, 2.45) is 0 Å². The molecule has 0 spiro atoms. The number of rotatable bonds is 3. The van der Waals surface area contributed by atoms with Crippen molar-refractivity contribution < 1.29 is 4.42 Å². The van der Waals surface area contributed by atoms with E-state index in [1.807, 2.05) is 0 Å². The fourth-order valence-electron chi connectivity index (χ4n) is 7.62. The molecule has 2 nitrogen and oxygen atoms in total. The van der Waals surface area contributed by atoms with Gasteiger partial charge in [0.2, 0.25) is 0 Å². The molecule has 0 unspecified atom stereocenters. The molecule has 0 atom stereocenters. The Bertz CT molecular complexity index is 2700. The lowest BCUT2D eigenvalue weighted by Crippen LogP contribution is -1.92. The van der Waals surface area contributed by atoms with Crippen molar-refractivity contribution in [2.75, 3.05) is 0 Å². The minimum atomic E-state index is 0.880. The lowest BCUT2D eigenvalue weighted by molar-refractivity contribution is 0.633. The minimum absolute atomic E-state index is 0.880. The second kappa shape index (κ2) is 9.69. The van der Waals surface area contributed by atoms with Crippen molar-refractivity contribution >= 4 is 65.1 Å². The van der Waals surface area contributed by atoms with Gasteiger partial charge in [-0.05, 0) is 79.8 Å². The number of para-hydroxylation sites is 2. The average Bonchev–Trinajstić information content (AvgIpc) is 3.69. The summed E-state index contributed by atoms with van der Waals surface area (Å²) in [7, 11) is 0. The zero-order valence-electron chi connectivity index (χ0n) is 24.9. The standard InChI is InChI=1S/C44H27NO/c1-2-14-31-28(12-1)13-11-21-34(31)43-35-17-3-5-19-37(35)44(38-20-6-4-18-36(38)43)42-27-29-26-30(24-25-41(29)46-42)45-39-22-9-7-15-32(39)33-16-8-10-23-40(33)45/h1-27H. The zero-order valence-corrected chi connectivity index (χ0v) is 24.9. The van der Waals surface area contributed by atoms with E-state index in [1.54, 1.807) is 0 Å². The maximum Gasteiger partial charge on any atom is 0.136 e. The number of aromatic nitrogens is 1. The van der Waals surface area contributed by atoms with Crippen LogP contribution in [-0.4, -0.2) is 4.57 Å². The van der Waals surface area contributed by atoms with Crippen LogP contribution in [0.1, 0.15) is 0 Å². The average molecular weight is 586 g/mol. The molecule has 10 rings (SSSR count). The van der Waals surface area contributed by atoms with Gasteiger partial charge in [-0.25, -0.2) is 0 Å². The predicted molar refractivity (Wildman–Crippen MR) is 194 cm³/mol. The van der Waals surface area contributed by atoms with Gasteiger partial charge >= 0.3 is 0 Å². The van der Waals surface area contributed by atoms with E-state index in [1.165, 1.54) is 65.3 Å². The Morgan fingerprint density at radius 2 is 0.891 bits per heavy atom. The monoisotopic (exact) mass is 585 g/mol. The SMILES string of the molecule is c1ccc2c(-c3c4ccccc4c(-c4cc5cc(-n6c7ccccc7c7ccccc76)ccc5o4)c4ccccc34)cccc2c1. The van der Waals surface area contributed by atoms with Crippen molar-refractivity contribution in [2.45, 2.75) is 0 Å². The zero-order chi connectivity index (χ0) is 30.2. The summed E-state index contributed by atoms with van der Waals surface area (Å²) in [5.74, 6) is 0.881. The molecule has 2 aromatic heterocycles. The normalized spacial score (nSPS) is 11.9. The van der Waals surface area contributed by atoms with Gasteiger partial charge in [0.05, 0.1) is 11.0 Å². The lowest BCUT2D eigenvalue weighted by atomic mass is 9.86. The summed E-state index contributed by atoms with van der Waals surface area (Å²) in [5, 5.41) is 10.9. The molecule has 0 amide bonds. The first-order valence-corrected chi connectivity index (χ1v) is 15.8. The number of hydrogen-bond donors (Lipinski definition) is 0. The Hall–Kier alpha value is -6.12. The Morgan fingerprint density at radius 1 is 0.370 bits per heavy atom. The van der Waals surface area contributed by atoms with E-state index in [4.69, 9.17) is 4.42 Å². The Kier molecular flexibility index (Phi) is 5.31. The van der Waals surface area contributed by atoms with Gasteiger partial charge in [-0.1, -0.05) is 127 Å². The van der Waals surface area contributed by atoms with E-state index in [9.17, 15) is 0 Å². The van der Waals surface area contributed by atoms with Gasteiger partial charge in [0, 0.05) is 27.4 Å². The molecule has 214 valence electrons. The second-order valence-corrected chi connectivity index (χ2v) is 12.1. The highest BCUT2D eigenvalue weighted by atomic mass is 16.3. The molecule has 0 fully saturated rings. The van der Waals surface area contributed by atoms with Crippen LogP contribution in [0.2, 0.25) is 0 Å². The number of fused-ring (bicyclic) bond motifs is 7. The summed E-state index contributed by atoms with van der Waals surface area (Å²) in [5.41, 5.74) is 8.04. The maximum absolute atomic E-state index is 6.72. The van der Waals surface area contributed by atoms with Crippen LogP contribution in [0.3, 0.4) is 0 Å². The molecule has 0 aliphatic rings. The van der Waals surface area contributed by atoms with Gasteiger partial charge in [-0.3, -0.25) is 0 Å². The van der Waals surface area contributed by atoms with E-state index in [0.717, 1.165) is 28.0 Å². The number of nitrogens with zero attached hydrogens (tertiary/aromatic N) is 1. The van der Waals surface area contributed by atoms with Gasteiger partial charge in [-0.15, -0.1) is 0 Å². The molecule has 2 heterocycles. The van der Waals surface area contributed by atoms with E-state index in [2.05, 4.69) is 168 Å². The largest absolute Gasteiger partial charge is 0.456 e. The summed E-state index contributed by atoms with van der Waals surface area (Å²) < 4.78 is 9.09. The van der Waals surface area contributed by atoms with E-state index in [-0.39, 0.29) is 0 Å². The van der Waals surface area contributed by atoms with Crippen LogP contribution in [0.5, 0.6) is 0 Å². The summed E-state index contributed by atoms with van der Waals surface area (Å²) >= 11 is 0. The van der Waals surface area contributed by atoms with Crippen LogP contribution in [0.15, 0.2) is 168 Å². The van der Waals surface area contributed by atoms with Crippen LogP contribution in [0.4, 0.5) is 0 Å². The maximum atomic E-state index is 6.72. The Labute approximate surface area is 265 Å². The molecule has 46 heavy (non-hydrogen) atoms. The second-order valence-electron chi connectivity index (χ2n) is 12.1. The van der Waals surface area contributed by atoms with Crippen LogP contribution >= 0.6 is 0 Å². The van der Waals surface area contributed by atoms with Crippen molar-refractivity contribution in [3.63, 3.8) is 0 Å². The molecule has 8 aromatic carbocycles. The first kappa shape index (κ1) is 25.2. The van der Waals surface area contributed by atoms with Gasteiger partial charge in [0.15, 0.2) is 0 Å². The van der Waals surface area contributed by atoms with E-state index >= 15 is 0 Å². The first-order valence-electron chi connectivity index (χ1n) is 15.8. The minimum Gasteiger partial charge on any atom is -0.456 e. The molecule has 0 saturated carbocycles. The molecular formula is C44H27NO. The van der Waals surface area contributed by atoms with Crippen molar-refractivity contribution in [3.05, 3.63) is 164 Å². The number of furan rings is 1. The van der Waals surface area contributed by atoms with E-state index < -0.39 is 0 Å². The van der Waals surface area contributed by atoms with E-state index in [0.29, 0.717) is 0 Å². The smallest absolute Gasteiger partial charge is 0.136 e. The molecular weight excluding hydrogens is 558 g/mol. The third kappa shape index (κ3) is 3.59. The molecule has 0 saturated heterocycles. The van der Waals surface area contributed by atoms with Crippen molar-refractivity contribution in [1.82, 2.24) is 4.57 Å². The van der Waals surface area contributed by atoms with Crippen LogP contribution in [-0.2, 0) is 0 Å². The van der Waals surface area contributed by atoms with Crippen molar-refractivity contribution in [1.29, 1.82) is 0 Å². The Morgan fingerprint density at radius 3 is 1.54 bits per heavy atom. The van der Waals surface area contributed by atoms with Crippen LogP contribution in [0.25, 0.3) is 93.2 Å². The van der Waals surface area contributed by atoms with Crippen LogP contribution in [0, 0.1) is 0 Å². The molecule has 0 aliphatic carbocycles. The number of benzene rings is 8. The highest BCUT2D eigenvalue weighted by molar-refractivity contribution is 6.23. The summed E-state index contributed by atoms with van der Waals surface area (Å²) in [6.07, 6.45) is 0. The highest BCUT2D eigenvalue weighted by Crippen LogP contribution is 2.46. The van der Waals surface area contributed by atoms with Gasteiger partial charge < -0.3 is 8.98 Å². The van der Waals surface area contributed by atoms with Gasteiger partial charge in [-0.2, -0.15) is 0 Å². The topological polar surface area (TPSA) is 18.1 Å². The van der Waals surface area contributed by atoms with Crippen LogP contribution < -0.4 is 0 Å². The fraction of sp³-hybridized carbons (Fsp3) is 0. The molecule has 2 heteroatoms. The summed E-state index contributed by atoms with van der Waals surface area (Å²) in [4.78, 5) is 0. The van der Waals surface area contributed by atoms with Gasteiger partial charge in [0.1, 0.15) is 11.3 Å². The number of hydrogen-bond acceptors (Lipinski definition) is 1. The third-order valence-electron chi connectivity index (χ3n) is 9.58. The molecule has 0 N–H and O–H groups in total. The van der Waals surface area contributed by atoms with Gasteiger partial charge in [0.25, 0.3) is 0 Å². The molecule has 10 aromatic rings. The molecule has 0 aliphatic heterocycles. The Balaban J connectivity index is 1.23. The summed E-state index contributed by atoms with van der Waals surface area (Å²) in [6, 6.07) is 58.9. The van der Waals surface area contributed by atoms with Crippen molar-refractivity contribution in [3.8, 4) is 28.1 Å². The third-order valence-corrected chi connectivity index (χ3v) is 9.58. The molecule has 0 bridgehead atoms. The molecule has 0 radical (unpaired) electrons. The highest BCUT2D eigenvalue weighted by Gasteiger charge is 2.20.